The van der Waals surface area contributed by atoms with Crippen LogP contribution in [-0.4, -0.2) is 28.7 Å². The van der Waals surface area contributed by atoms with Crippen LogP contribution in [0.5, 0.6) is 0 Å². The van der Waals surface area contributed by atoms with Crippen molar-refractivity contribution in [2.45, 2.75) is 31.8 Å². The fraction of sp³-hybridized carbons (Fsp3) is 0.304. The van der Waals surface area contributed by atoms with Gasteiger partial charge in [0.25, 0.3) is 0 Å². The topological polar surface area (TPSA) is 125 Å². The molecule has 1 aliphatic carbocycles. The molecule has 0 saturated heterocycles. The van der Waals surface area contributed by atoms with Gasteiger partial charge in [0.2, 0.25) is 0 Å². The lowest BCUT2D eigenvalue weighted by Crippen LogP contribution is -2.58. The lowest BCUT2D eigenvalue weighted by molar-refractivity contribution is -0.385. The van der Waals surface area contributed by atoms with E-state index in [4.69, 9.17) is 5.11 Å². The van der Waals surface area contributed by atoms with E-state index in [-0.39, 0.29) is 11.3 Å². The van der Waals surface area contributed by atoms with Crippen molar-refractivity contribution >= 4 is 11.9 Å². The first-order chi connectivity index (χ1) is 13.6. The molecule has 154 valence electrons. The molecule has 1 atom stereocenters. The first kappa shape index (κ1) is 22.3. The van der Waals surface area contributed by atoms with Gasteiger partial charge in [-0.2, -0.15) is 0 Å². The van der Waals surface area contributed by atoms with E-state index in [1.807, 2.05) is 12.1 Å². The highest BCUT2D eigenvalue weighted by Gasteiger charge is 2.48. The summed E-state index contributed by atoms with van der Waals surface area (Å²) >= 11 is 0. The SMILES string of the molecule is CC(C[NH3+])C1(O)c2ccccc2C(C)(C)c2ccccc21.O=C([O-])/C=C\C(=O)O. The maximum Gasteiger partial charge on any atom is 0.328 e. The second-order valence-corrected chi connectivity index (χ2v) is 7.66. The third kappa shape index (κ3) is 4.23. The van der Waals surface area contributed by atoms with E-state index in [1.54, 1.807) is 0 Å². The van der Waals surface area contributed by atoms with Gasteiger partial charge in [0.15, 0.2) is 0 Å². The molecule has 2 aromatic rings. The molecule has 0 saturated carbocycles. The average Bonchev–Trinajstić information content (AvgIpc) is 2.70. The van der Waals surface area contributed by atoms with E-state index in [9.17, 15) is 19.8 Å². The Morgan fingerprint density at radius 2 is 1.41 bits per heavy atom. The molecule has 0 aromatic heterocycles. The third-order valence-corrected chi connectivity index (χ3v) is 5.53. The Hall–Kier alpha value is -2.96. The summed E-state index contributed by atoms with van der Waals surface area (Å²) in [6.07, 6.45) is 0.942. The summed E-state index contributed by atoms with van der Waals surface area (Å²) in [5.41, 5.74) is 7.47. The van der Waals surface area contributed by atoms with Crippen molar-refractivity contribution in [2.75, 3.05) is 6.54 Å². The molecule has 1 unspecified atom stereocenters. The second-order valence-electron chi connectivity index (χ2n) is 7.66. The minimum atomic E-state index is -1.51. The molecular formula is C23H27NO5. The summed E-state index contributed by atoms with van der Waals surface area (Å²) in [7, 11) is 0. The van der Waals surface area contributed by atoms with Gasteiger partial charge in [-0.3, -0.25) is 0 Å². The normalized spacial score (nSPS) is 16.7. The van der Waals surface area contributed by atoms with Crippen LogP contribution in [0.1, 0.15) is 43.0 Å². The largest absolute Gasteiger partial charge is 0.545 e. The summed E-state index contributed by atoms with van der Waals surface area (Å²) in [6.45, 7) is 7.25. The predicted molar refractivity (Wildman–Crippen MR) is 107 cm³/mol. The summed E-state index contributed by atoms with van der Waals surface area (Å²) in [4.78, 5) is 19.0. The van der Waals surface area contributed by atoms with Crippen LogP contribution in [0.15, 0.2) is 60.7 Å². The summed E-state index contributed by atoms with van der Waals surface area (Å²) in [6, 6.07) is 16.6. The van der Waals surface area contributed by atoms with E-state index in [0.717, 1.165) is 11.1 Å². The Bertz CT molecular complexity index is 867. The Balaban J connectivity index is 0.000000321. The molecule has 0 fully saturated rings. The van der Waals surface area contributed by atoms with Gasteiger partial charge in [-0.15, -0.1) is 0 Å². The molecule has 0 spiro atoms. The first-order valence-corrected chi connectivity index (χ1v) is 9.40. The Kier molecular flexibility index (Phi) is 6.62. The highest BCUT2D eigenvalue weighted by molar-refractivity contribution is 5.88. The number of rotatable bonds is 4. The molecule has 6 heteroatoms. The van der Waals surface area contributed by atoms with Crippen LogP contribution in [0.4, 0.5) is 0 Å². The van der Waals surface area contributed by atoms with Crippen molar-refractivity contribution < 1.29 is 30.6 Å². The molecule has 1 aliphatic rings. The van der Waals surface area contributed by atoms with Gasteiger partial charge < -0.3 is 25.8 Å². The molecular weight excluding hydrogens is 370 g/mol. The standard InChI is InChI=1S/C19H23NO.C4H4O4/c1-13(12-20)19(21)16-10-6-4-8-14(16)18(2,3)15-9-5-7-11-17(15)19;5-3(6)1-2-4(7)8/h4-11,13,21H,12,20H2,1-3H3;1-2H,(H,5,6)(H,7,8)/b;2-1-. The zero-order valence-electron chi connectivity index (χ0n) is 16.9. The van der Waals surface area contributed by atoms with Crippen LogP contribution in [-0.2, 0) is 20.6 Å². The number of carboxylic acid groups (broad SMARTS) is 2. The van der Waals surface area contributed by atoms with Crippen molar-refractivity contribution in [3.05, 3.63) is 82.9 Å². The van der Waals surface area contributed by atoms with Crippen LogP contribution in [0, 0.1) is 5.92 Å². The molecule has 0 aliphatic heterocycles. The lowest BCUT2D eigenvalue weighted by Gasteiger charge is -2.46. The number of quaternary nitrogens is 1. The number of aliphatic carboxylic acids is 2. The predicted octanol–water partition coefficient (Wildman–Crippen LogP) is 0.817. The fourth-order valence-corrected chi connectivity index (χ4v) is 3.89. The summed E-state index contributed by atoms with van der Waals surface area (Å²) in [5, 5.41) is 28.9. The number of carboxylic acids is 2. The van der Waals surface area contributed by atoms with E-state index in [1.165, 1.54) is 11.1 Å². The second kappa shape index (κ2) is 8.59. The minimum Gasteiger partial charge on any atom is -0.545 e. The van der Waals surface area contributed by atoms with Crippen LogP contribution >= 0.6 is 0 Å². The molecule has 0 bridgehead atoms. The van der Waals surface area contributed by atoms with E-state index in [0.29, 0.717) is 18.7 Å². The Morgan fingerprint density at radius 3 is 1.72 bits per heavy atom. The number of fused-ring (bicyclic) bond motifs is 2. The number of carbonyl (C=O) groups excluding carboxylic acids is 1. The van der Waals surface area contributed by atoms with Crippen LogP contribution in [0.2, 0.25) is 0 Å². The zero-order valence-corrected chi connectivity index (χ0v) is 16.9. The molecule has 0 radical (unpaired) electrons. The fourth-order valence-electron chi connectivity index (χ4n) is 3.89. The monoisotopic (exact) mass is 397 g/mol. The van der Waals surface area contributed by atoms with Gasteiger partial charge in [0.1, 0.15) is 5.60 Å². The van der Waals surface area contributed by atoms with Crippen molar-refractivity contribution in [3.63, 3.8) is 0 Å². The lowest BCUT2D eigenvalue weighted by atomic mass is 9.60. The van der Waals surface area contributed by atoms with Gasteiger partial charge >= 0.3 is 5.97 Å². The molecule has 6 nitrogen and oxygen atoms in total. The first-order valence-electron chi connectivity index (χ1n) is 9.40. The average molecular weight is 397 g/mol. The van der Waals surface area contributed by atoms with Crippen molar-refractivity contribution in [2.24, 2.45) is 5.92 Å². The van der Waals surface area contributed by atoms with Crippen molar-refractivity contribution in [3.8, 4) is 0 Å². The molecule has 5 N–H and O–H groups in total. The maximum atomic E-state index is 11.6. The summed E-state index contributed by atoms with van der Waals surface area (Å²) in [5.74, 6) is -2.74. The maximum absolute atomic E-state index is 11.6. The van der Waals surface area contributed by atoms with Crippen LogP contribution in [0.25, 0.3) is 0 Å². The van der Waals surface area contributed by atoms with Gasteiger partial charge in [-0.1, -0.05) is 69.3 Å². The smallest absolute Gasteiger partial charge is 0.328 e. The Labute approximate surface area is 170 Å². The summed E-state index contributed by atoms with van der Waals surface area (Å²) < 4.78 is 0. The number of carbonyl (C=O) groups is 2. The molecule has 0 heterocycles. The highest BCUT2D eigenvalue weighted by Crippen LogP contribution is 2.51. The van der Waals surface area contributed by atoms with Crippen molar-refractivity contribution in [1.29, 1.82) is 0 Å². The van der Waals surface area contributed by atoms with Gasteiger partial charge in [0.05, 0.1) is 12.5 Å². The Morgan fingerprint density at radius 1 is 1.00 bits per heavy atom. The number of aliphatic hydroxyl groups is 1. The van der Waals surface area contributed by atoms with E-state index < -0.39 is 17.5 Å². The van der Waals surface area contributed by atoms with Gasteiger partial charge in [0, 0.05) is 17.4 Å². The number of benzene rings is 2. The van der Waals surface area contributed by atoms with E-state index >= 15 is 0 Å². The molecule has 29 heavy (non-hydrogen) atoms. The number of hydrogen-bond donors (Lipinski definition) is 3. The van der Waals surface area contributed by atoms with Gasteiger partial charge in [-0.05, 0) is 28.3 Å². The van der Waals surface area contributed by atoms with Gasteiger partial charge in [-0.25, -0.2) is 4.79 Å². The quantitative estimate of drug-likeness (QED) is 0.659. The zero-order chi connectivity index (χ0) is 21.8. The number of hydrogen-bond acceptors (Lipinski definition) is 4. The van der Waals surface area contributed by atoms with Crippen LogP contribution in [0.3, 0.4) is 0 Å². The molecule has 0 amide bonds. The highest BCUT2D eigenvalue weighted by atomic mass is 16.4. The third-order valence-electron chi connectivity index (χ3n) is 5.53. The molecule has 3 rings (SSSR count). The van der Waals surface area contributed by atoms with E-state index in [2.05, 4.69) is 62.9 Å². The molecule has 2 aromatic carbocycles. The van der Waals surface area contributed by atoms with Crippen molar-refractivity contribution in [1.82, 2.24) is 0 Å². The minimum absolute atomic E-state index is 0.0656. The van der Waals surface area contributed by atoms with Crippen LogP contribution < -0.4 is 10.8 Å².